The highest BCUT2D eigenvalue weighted by atomic mass is 28.3. The van der Waals surface area contributed by atoms with Crippen LogP contribution in [0.4, 0.5) is 0 Å². The molecule has 0 bridgehead atoms. The summed E-state index contributed by atoms with van der Waals surface area (Å²) in [6, 6.07) is 1.47. The monoisotopic (exact) mass is 129 g/mol. The molecule has 1 aliphatic rings. The zero-order valence-corrected chi connectivity index (χ0v) is 6.99. The average molecular weight is 129 g/mol. The first-order valence-electron chi connectivity index (χ1n) is 3.35. The number of hydrogen-bond acceptors (Lipinski definition) is 1. The minimum absolute atomic E-state index is 0.853. The molecule has 1 heterocycles. The van der Waals surface area contributed by atoms with E-state index in [2.05, 4.69) is 25.0 Å². The highest BCUT2D eigenvalue weighted by Crippen LogP contribution is 2.19. The lowest BCUT2D eigenvalue weighted by atomic mass is 10.2. The van der Waals surface area contributed by atoms with Gasteiger partial charge in [-0.3, -0.25) is 0 Å². The van der Waals surface area contributed by atoms with E-state index in [4.69, 9.17) is 0 Å². The fourth-order valence-electron chi connectivity index (χ4n) is 1.47. The predicted molar refractivity (Wildman–Crippen MR) is 39.5 cm³/mol. The maximum atomic E-state index is 3.58. The van der Waals surface area contributed by atoms with Gasteiger partial charge in [0.25, 0.3) is 0 Å². The topological polar surface area (TPSA) is 12.0 Å². The highest BCUT2D eigenvalue weighted by Gasteiger charge is 2.29. The maximum absolute atomic E-state index is 3.58. The van der Waals surface area contributed by atoms with Crippen LogP contribution in [0, 0.1) is 5.92 Å². The minimum atomic E-state index is -0.853. The molecular weight excluding hydrogens is 114 g/mol. The van der Waals surface area contributed by atoms with Gasteiger partial charge in [-0.2, -0.15) is 0 Å². The Hall–Kier alpha value is 0.177. The number of rotatable bonds is 0. The first-order valence-corrected chi connectivity index (χ1v) is 6.56. The molecular formula is C6H15NSi. The van der Waals surface area contributed by atoms with Crippen molar-refractivity contribution in [3.8, 4) is 0 Å². The van der Waals surface area contributed by atoms with Gasteiger partial charge in [0.05, 0.1) is 0 Å². The fourth-order valence-corrected chi connectivity index (χ4v) is 4.40. The van der Waals surface area contributed by atoms with Crippen LogP contribution < -0.4 is 4.98 Å². The highest BCUT2D eigenvalue weighted by molar-refractivity contribution is 6.75. The molecule has 0 saturated carbocycles. The number of hydrogen-bond donors (Lipinski definition) is 1. The summed E-state index contributed by atoms with van der Waals surface area (Å²) in [7, 11) is -0.853. The molecule has 1 rings (SSSR count). The lowest BCUT2D eigenvalue weighted by Gasteiger charge is -2.12. The van der Waals surface area contributed by atoms with Crippen LogP contribution in [0.2, 0.25) is 19.1 Å². The summed E-state index contributed by atoms with van der Waals surface area (Å²) in [6.45, 7) is 8.39. The van der Waals surface area contributed by atoms with Crippen LogP contribution in [-0.2, 0) is 0 Å². The van der Waals surface area contributed by atoms with E-state index in [1.54, 1.807) is 0 Å². The molecule has 1 aliphatic heterocycles. The molecule has 0 aliphatic carbocycles. The smallest absolute Gasteiger partial charge is 0.119 e. The zero-order valence-electron chi connectivity index (χ0n) is 5.99. The second-order valence-corrected chi connectivity index (χ2v) is 8.10. The van der Waals surface area contributed by atoms with Crippen LogP contribution in [-0.4, -0.2) is 14.8 Å². The summed E-state index contributed by atoms with van der Waals surface area (Å²) in [6.07, 6.45) is 0. The summed E-state index contributed by atoms with van der Waals surface area (Å²) in [4.78, 5) is 3.58. The Kier molecular flexibility index (Phi) is 1.45. The predicted octanol–water partition coefficient (Wildman–Crippen LogP) is 1.43. The molecule has 1 fully saturated rings. The van der Waals surface area contributed by atoms with Crippen LogP contribution in [0.1, 0.15) is 6.92 Å². The molecule has 2 heteroatoms. The second-order valence-electron chi connectivity index (χ2n) is 3.57. The normalized spacial score (nSPS) is 35.6. The summed E-state index contributed by atoms with van der Waals surface area (Å²) >= 11 is 0. The molecule has 0 aromatic carbocycles. The van der Waals surface area contributed by atoms with E-state index in [1.807, 2.05) is 0 Å². The summed E-state index contributed by atoms with van der Waals surface area (Å²) in [5.74, 6) is 0.941. The van der Waals surface area contributed by atoms with Gasteiger partial charge in [-0.15, -0.1) is 0 Å². The molecule has 0 aromatic heterocycles. The molecule has 1 atom stereocenters. The Labute approximate surface area is 52.6 Å². The van der Waals surface area contributed by atoms with Crippen molar-refractivity contribution in [2.45, 2.75) is 26.1 Å². The Morgan fingerprint density at radius 2 is 2.12 bits per heavy atom. The molecule has 1 N–H and O–H groups in total. The van der Waals surface area contributed by atoms with Crippen LogP contribution in [0.3, 0.4) is 0 Å². The van der Waals surface area contributed by atoms with E-state index in [1.165, 1.54) is 12.6 Å². The Morgan fingerprint density at radius 1 is 1.50 bits per heavy atom. The third kappa shape index (κ3) is 1.33. The lowest BCUT2D eigenvalue weighted by molar-refractivity contribution is 0.679. The molecule has 1 saturated heterocycles. The molecule has 0 radical (unpaired) electrons. The minimum Gasteiger partial charge on any atom is -0.337 e. The van der Waals surface area contributed by atoms with Crippen molar-refractivity contribution in [3.05, 3.63) is 0 Å². The van der Waals surface area contributed by atoms with Gasteiger partial charge in [-0.1, -0.05) is 20.0 Å². The van der Waals surface area contributed by atoms with E-state index in [-0.39, 0.29) is 0 Å². The molecule has 0 spiro atoms. The maximum Gasteiger partial charge on any atom is 0.119 e. The quantitative estimate of drug-likeness (QED) is 0.488. The van der Waals surface area contributed by atoms with Crippen molar-refractivity contribution >= 4 is 8.24 Å². The average Bonchev–Trinajstić information content (AvgIpc) is 1.82. The van der Waals surface area contributed by atoms with E-state index in [0.29, 0.717) is 0 Å². The van der Waals surface area contributed by atoms with Gasteiger partial charge in [0.15, 0.2) is 0 Å². The van der Waals surface area contributed by atoms with Gasteiger partial charge in [-0.25, -0.2) is 0 Å². The van der Waals surface area contributed by atoms with Crippen LogP contribution in [0.5, 0.6) is 0 Å². The Balaban J connectivity index is 2.44. The van der Waals surface area contributed by atoms with Gasteiger partial charge < -0.3 is 4.98 Å². The lowest BCUT2D eigenvalue weighted by Crippen LogP contribution is -2.37. The van der Waals surface area contributed by atoms with Gasteiger partial charge >= 0.3 is 0 Å². The largest absolute Gasteiger partial charge is 0.337 e. The van der Waals surface area contributed by atoms with E-state index in [9.17, 15) is 0 Å². The van der Waals surface area contributed by atoms with Gasteiger partial charge in [-0.05, 0) is 18.5 Å². The molecule has 0 amide bonds. The Bertz CT molecular complexity index is 90.5. The van der Waals surface area contributed by atoms with E-state index >= 15 is 0 Å². The summed E-state index contributed by atoms with van der Waals surface area (Å²) in [5.41, 5.74) is 0. The first-order chi connectivity index (χ1) is 3.60. The third-order valence-corrected chi connectivity index (χ3v) is 4.67. The molecule has 48 valence electrons. The van der Waals surface area contributed by atoms with Crippen LogP contribution >= 0.6 is 0 Å². The van der Waals surface area contributed by atoms with Gasteiger partial charge in [0, 0.05) is 0 Å². The van der Waals surface area contributed by atoms with Gasteiger partial charge in [0.1, 0.15) is 8.24 Å². The molecule has 0 aromatic rings. The van der Waals surface area contributed by atoms with Crippen molar-refractivity contribution < 1.29 is 0 Å². The van der Waals surface area contributed by atoms with Gasteiger partial charge in [0.2, 0.25) is 0 Å². The van der Waals surface area contributed by atoms with E-state index in [0.717, 1.165) is 5.92 Å². The summed E-state index contributed by atoms with van der Waals surface area (Å²) in [5, 5.41) is 0. The SMILES string of the molecule is CC1CN[Si](C)(C)C1. The Morgan fingerprint density at radius 3 is 2.25 bits per heavy atom. The molecule has 1 unspecified atom stereocenters. The third-order valence-electron chi connectivity index (χ3n) is 1.79. The fraction of sp³-hybridized carbons (Fsp3) is 1.00. The summed E-state index contributed by atoms with van der Waals surface area (Å²) < 4.78 is 0. The zero-order chi connectivity index (χ0) is 6.20. The van der Waals surface area contributed by atoms with Crippen molar-refractivity contribution in [2.24, 2.45) is 5.92 Å². The van der Waals surface area contributed by atoms with Crippen molar-refractivity contribution in [1.29, 1.82) is 0 Å². The van der Waals surface area contributed by atoms with Crippen molar-refractivity contribution in [2.75, 3.05) is 6.54 Å². The molecule has 1 nitrogen and oxygen atoms in total. The second kappa shape index (κ2) is 1.85. The first kappa shape index (κ1) is 6.30. The van der Waals surface area contributed by atoms with Crippen molar-refractivity contribution in [3.63, 3.8) is 0 Å². The van der Waals surface area contributed by atoms with E-state index < -0.39 is 8.24 Å². The van der Waals surface area contributed by atoms with Crippen LogP contribution in [0.15, 0.2) is 0 Å². The molecule has 8 heavy (non-hydrogen) atoms. The van der Waals surface area contributed by atoms with Crippen LogP contribution in [0.25, 0.3) is 0 Å². The van der Waals surface area contributed by atoms with Crippen molar-refractivity contribution in [1.82, 2.24) is 4.98 Å². The standard InChI is InChI=1S/C6H15NSi/c1-6-4-7-8(2,3)5-6/h6-7H,4-5H2,1-3H3. The number of nitrogens with one attached hydrogen (secondary N) is 1.